The van der Waals surface area contributed by atoms with Crippen LogP contribution in [-0.2, 0) is 21.4 Å². The van der Waals surface area contributed by atoms with Crippen molar-refractivity contribution in [2.75, 3.05) is 0 Å². The predicted octanol–water partition coefficient (Wildman–Crippen LogP) is 0.373. The van der Waals surface area contributed by atoms with Gasteiger partial charge in [-0.2, -0.15) is 0 Å². The molecule has 0 saturated carbocycles. The minimum absolute atomic E-state index is 0.0608. The van der Waals surface area contributed by atoms with Gasteiger partial charge in [-0.05, 0) is 6.07 Å². The van der Waals surface area contributed by atoms with E-state index in [4.69, 9.17) is 10.2 Å². The van der Waals surface area contributed by atoms with Gasteiger partial charge in [0.15, 0.2) is 0 Å². The van der Waals surface area contributed by atoms with Gasteiger partial charge in [-0.1, -0.05) is 18.2 Å². The number of carbonyl (C=O) groups is 1. The summed E-state index contributed by atoms with van der Waals surface area (Å²) in [6.45, 7) is -0.309. The largest absolute Gasteiger partial charge is 0.480 e. The first kappa shape index (κ1) is 11.6. The number of nitrogens with zero attached hydrogens (tertiary/aromatic N) is 1. The number of aliphatic carboxylic acids is 1. The topological polar surface area (TPSA) is 102 Å². The lowest BCUT2D eigenvalue weighted by Gasteiger charge is -1.99. The standard InChI is InChI=1S/C10H10N2O4S/c11-17(15,16)9-5-12(6-10(13)14)8-4-2-1-3-7(8)9/h1-5H,6H2,(H,13,14)(H2,11,15,16). The zero-order chi connectivity index (χ0) is 12.6. The van der Waals surface area contributed by atoms with E-state index >= 15 is 0 Å². The van der Waals surface area contributed by atoms with Crippen LogP contribution in [0.1, 0.15) is 0 Å². The Hall–Kier alpha value is -1.86. The van der Waals surface area contributed by atoms with Crippen molar-refractivity contribution in [3.8, 4) is 0 Å². The van der Waals surface area contributed by atoms with Crippen molar-refractivity contribution in [3.05, 3.63) is 30.5 Å². The number of hydrogen-bond donors (Lipinski definition) is 2. The molecule has 0 spiro atoms. The smallest absolute Gasteiger partial charge is 0.323 e. The zero-order valence-electron chi connectivity index (χ0n) is 8.70. The number of carboxylic acid groups (broad SMARTS) is 1. The van der Waals surface area contributed by atoms with Crippen LogP contribution in [-0.4, -0.2) is 24.1 Å². The van der Waals surface area contributed by atoms with E-state index in [-0.39, 0.29) is 11.4 Å². The fraction of sp³-hybridized carbons (Fsp3) is 0.100. The molecule has 3 N–H and O–H groups in total. The van der Waals surface area contributed by atoms with Gasteiger partial charge in [-0.15, -0.1) is 0 Å². The maximum Gasteiger partial charge on any atom is 0.323 e. The number of nitrogens with two attached hydrogens (primary N) is 1. The molecule has 0 amide bonds. The van der Waals surface area contributed by atoms with Crippen LogP contribution in [0, 0.1) is 0 Å². The highest BCUT2D eigenvalue weighted by Crippen LogP contribution is 2.24. The molecule has 1 heterocycles. The molecule has 2 aromatic rings. The van der Waals surface area contributed by atoms with Gasteiger partial charge in [0.05, 0.1) is 0 Å². The van der Waals surface area contributed by atoms with Gasteiger partial charge in [0.1, 0.15) is 11.4 Å². The zero-order valence-corrected chi connectivity index (χ0v) is 9.52. The molecular weight excluding hydrogens is 244 g/mol. The molecule has 0 radical (unpaired) electrons. The van der Waals surface area contributed by atoms with E-state index < -0.39 is 16.0 Å². The Kier molecular flexibility index (Phi) is 2.64. The van der Waals surface area contributed by atoms with Crippen LogP contribution in [0.5, 0.6) is 0 Å². The summed E-state index contributed by atoms with van der Waals surface area (Å²) in [6.07, 6.45) is 1.24. The molecule has 17 heavy (non-hydrogen) atoms. The molecule has 1 aromatic carbocycles. The third-order valence-corrected chi connectivity index (χ3v) is 3.30. The minimum atomic E-state index is -3.86. The molecule has 0 aliphatic heterocycles. The van der Waals surface area contributed by atoms with Crippen LogP contribution in [0.25, 0.3) is 10.9 Å². The van der Waals surface area contributed by atoms with E-state index in [1.54, 1.807) is 24.3 Å². The van der Waals surface area contributed by atoms with Crippen molar-refractivity contribution in [1.82, 2.24) is 4.57 Å². The molecule has 2 rings (SSSR count). The van der Waals surface area contributed by atoms with Crippen molar-refractivity contribution in [1.29, 1.82) is 0 Å². The van der Waals surface area contributed by atoms with Gasteiger partial charge in [-0.3, -0.25) is 4.79 Å². The number of benzene rings is 1. The van der Waals surface area contributed by atoms with Gasteiger partial charge < -0.3 is 9.67 Å². The molecule has 0 aliphatic carbocycles. The Bertz CT molecular complexity index is 687. The van der Waals surface area contributed by atoms with Crippen LogP contribution in [0.3, 0.4) is 0 Å². The Morgan fingerprint density at radius 3 is 2.59 bits per heavy atom. The summed E-state index contributed by atoms with van der Waals surface area (Å²) in [5.74, 6) is -1.05. The van der Waals surface area contributed by atoms with Gasteiger partial charge in [0.25, 0.3) is 0 Å². The molecule has 90 valence electrons. The van der Waals surface area contributed by atoms with Crippen LogP contribution in [0.15, 0.2) is 35.4 Å². The Labute approximate surface area is 97.3 Å². The molecular formula is C10H10N2O4S. The third kappa shape index (κ3) is 2.15. The average molecular weight is 254 g/mol. The molecule has 0 unspecified atom stereocenters. The van der Waals surface area contributed by atoms with Gasteiger partial charge in [0, 0.05) is 17.1 Å². The van der Waals surface area contributed by atoms with E-state index in [0.717, 1.165) is 0 Å². The third-order valence-electron chi connectivity index (χ3n) is 2.36. The van der Waals surface area contributed by atoms with E-state index in [9.17, 15) is 13.2 Å². The summed E-state index contributed by atoms with van der Waals surface area (Å²) in [5, 5.41) is 14.2. The molecule has 1 aromatic heterocycles. The summed E-state index contributed by atoms with van der Waals surface area (Å²) < 4.78 is 24.1. The summed E-state index contributed by atoms with van der Waals surface area (Å²) >= 11 is 0. The second kappa shape index (κ2) is 3.86. The van der Waals surface area contributed by atoms with E-state index in [0.29, 0.717) is 10.9 Å². The maximum atomic E-state index is 11.4. The number of para-hydroxylation sites is 1. The van der Waals surface area contributed by atoms with Crippen LogP contribution >= 0.6 is 0 Å². The van der Waals surface area contributed by atoms with Crippen LogP contribution < -0.4 is 5.14 Å². The number of fused-ring (bicyclic) bond motifs is 1. The number of hydrogen-bond acceptors (Lipinski definition) is 3. The normalized spacial score (nSPS) is 11.8. The first-order valence-electron chi connectivity index (χ1n) is 4.72. The lowest BCUT2D eigenvalue weighted by atomic mass is 10.2. The van der Waals surface area contributed by atoms with Gasteiger partial charge in [0.2, 0.25) is 10.0 Å². The Balaban J connectivity index is 2.75. The second-order valence-electron chi connectivity index (χ2n) is 3.58. The van der Waals surface area contributed by atoms with Crippen LogP contribution in [0.2, 0.25) is 0 Å². The lowest BCUT2D eigenvalue weighted by molar-refractivity contribution is -0.137. The van der Waals surface area contributed by atoms with Gasteiger partial charge in [-0.25, -0.2) is 13.6 Å². The summed E-state index contributed by atoms with van der Waals surface area (Å²) in [6, 6.07) is 6.61. The molecule has 6 nitrogen and oxygen atoms in total. The fourth-order valence-electron chi connectivity index (χ4n) is 1.72. The number of primary sulfonamides is 1. The second-order valence-corrected chi connectivity index (χ2v) is 5.11. The van der Waals surface area contributed by atoms with E-state index in [1.165, 1.54) is 10.8 Å². The van der Waals surface area contributed by atoms with Crippen molar-refractivity contribution in [2.45, 2.75) is 11.4 Å². The maximum absolute atomic E-state index is 11.4. The van der Waals surface area contributed by atoms with Crippen molar-refractivity contribution in [2.24, 2.45) is 5.14 Å². The first-order valence-corrected chi connectivity index (χ1v) is 6.26. The summed E-state index contributed by atoms with van der Waals surface area (Å²) in [4.78, 5) is 10.6. The summed E-state index contributed by atoms with van der Waals surface area (Å²) in [7, 11) is -3.86. The lowest BCUT2D eigenvalue weighted by Crippen LogP contribution is -2.12. The quantitative estimate of drug-likeness (QED) is 0.826. The first-order chi connectivity index (χ1) is 7.89. The molecule has 7 heteroatoms. The highest BCUT2D eigenvalue weighted by Gasteiger charge is 2.17. The predicted molar refractivity (Wildman–Crippen MR) is 60.9 cm³/mol. The molecule has 0 fully saturated rings. The van der Waals surface area contributed by atoms with E-state index in [2.05, 4.69) is 0 Å². The highest BCUT2D eigenvalue weighted by molar-refractivity contribution is 7.89. The number of carboxylic acids is 1. The average Bonchev–Trinajstić information content (AvgIpc) is 2.56. The molecule has 0 atom stereocenters. The molecule has 0 aliphatic rings. The number of rotatable bonds is 3. The SMILES string of the molecule is NS(=O)(=O)c1cn(CC(=O)O)c2ccccc12. The van der Waals surface area contributed by atoms with Crippen LogP contribution in [0.4, 0.5) is 0 Å². The monoisotopic (exact) mass is 254 g/mol. The van der Waals surface area contributed by atoms with Crippen molar-refractivity contribution in [3.63, 3.8) is 0 Å². The van der Waals surface area contributed by atoms with Gasteiger partial charge >= 0.3 is 5.97 Å². The Morgan fingerprint density at radius 1 is 1.35 bits per heavy atom. The molecule has 0 saturated heterocycles. The molecule has 0 bridgehead atoms. The summed E-state index contributed by atoms with van der Waals surface area (Å²) in [5.41, 5.74) is 0.527. The highest BCUT2D eigenvalue weighted by atomic mass is 32.2. The minimum Gasteiger partial charge on any atom is -0.480 e. The van der Waals surface area contributed by atoms with E-state index in [1.807, 2.05) is 0 Å². The number of sulfonamides is 1. The van der Waals surface area contributed by atoms with Crippen molar-refractivity contribution < 1.29 is 18.3 Å². The van der Waals surface area contributed by atoms with Crippen molar-refractivity contribution >= 4 is 26.9 Å². The fourth-order valence-corrected chi connectivity index (χ4v) is 2.47. The Morgan fingerprint density at radius 2 is 2.00 bits per heavy atom. The number of aromatic nitrogens is 1.